The fourth-order valence-corrected chi connectivity index (χ4v) is 2.12. The number of ether oxygens (including phenoxy) is 2. The zero-order valence-corrected chi connectivity index (χ0v) is 10.7. The van der Waals surface area contributed by atoms with Crippen molar-refractivity contribution in [3.63, 3.8) is 0 Å². The number of carboxylic acids is 1. The van der Waals surface area contributed by atoms with Crippen LogP contribution in [0.15, 0.2) is 24.3 Å². The summed E-state index contributed by atoms with van der Waals surface area (Å²) in [5.41, 5.74) is 0.698. The number of rotatable bonds is 3. The number of likely N-dealkylation sites (N-methyl/N-ethyl adjacent to an activating group) is 1. The summed E-state index contributed by atoms with van der Waals surface area (Å²) in [4.78, 5) is 24.3. The van der Waals surface area contributed by atoms with Crippen LogP contribution in [0.4, 0.5) is 0 Å². The molecule has 0 saturated carbocycles. The van der Waals surface area contributed by atoms with Crippen LogP contribution in [0.2, 0.25) is 0 Å². The third kappa shape index (κ3) is 2.53. The van der Waals surface area contributed by atoms with Crippen molar-refractivity contribution < 1.29 is 24.2 Å². The van der Waals surface area contributed by atoms with Crippen LogP contribution in [0, 0.1) is 0 Å². The quantitative estimate of drug-likeness (QED) is 0.869. The van der Waals surface area contributed by atoms with Crippen molar-refractivity contribution in [2.75, 3.05) is 20.8 Å². The van der Waals surface area contributed by atoms with Gasteiger partial charge in [-0.25, -0.2) is 4.79 Å². The summed E-state index contributed by atoms with van der Waals surface area (Å²) < 4.78 is 10.2. The fourth-order valence-electron chi connectivity index (χ4n) is 2.12. The second-order valence-corrected chi connectivity index (χ2v) is 4.29. The molecule has 1 amide bonds. The maximum absolute atomic E-state index is 11.7. The van der Waals surface area contributed by atoms with E-state index in [2.05, 4.69) is 0 Å². The number of carbonyl (C=O) groups excluding carboxylic acids is 1. The Morgan fingerprint density at radius 3 is 2.58 bits per heavy atom. The van der Waals surface area contributed by atoms with Gasteiger partial charge in [0.1, 0.15) is 12.4 Å². The first-order valence-electron chi connectivity index (χ1n) is 5.78. The lowest BCUT2D eigenvalue weighted by Crippen LogP contribution is -2.50. The zero-order valence-electron chi connectivity index (χ0n) is 10.7. The van der Waals surface area contributed by atoms with Crippen molar-refractivity contribution >= 4 is 11.9 Å². The van der Waals surface area contributed by atoms with E-state index in [0.717, 1.165) is 0 Å². The van der Waals surface area contributed by atoms with Gasteiger partial charge in [0.15, 0.2) is 6.10 Å². The molecule has 1 fully saturated rings. The minimum absolute atomic E-state index is 0.208. The molecule has 0 aliphatic carbocycles. The Balaban J connectivity index is 2.34. The predicted octanol–water partition coefficient (Wildman–Crippen LogP) is 0.678. The van der Waals surface area contributed by atoms with Crippen LogP contribution in [0.1, 0.15) is 11.6 Å². The molecule has 6 heteroatoms. The SMILES string of the molecule is COc1ccc([C@@H]2[C@@H](C(=O)O)OCC(=O)N2C)cc1. The van der Waals surface area contributed by atoms with E-state index in [9.17, 15) is 14.7 Å². The Morgan fingerprint density at radius 2 is 2.05 bits per heavy atom. The van der Waals surface area contributed by atoms with Gasteiger partial charge >= 0.3 is 5.97 Å². The summed E-state index contributed by atoms with van der Waals surface area (Å²) >= 11 is 0. The number of nitrogens with zero attached hydrogens (tertiary/aromatic N) is 1. The van der Waals surface area contributed by atoms with Crippen LogP contribution in [0.3, 0.4) is 0 Å². The van der Waals surface area contributed by atoms with Crippen molar-refractivity contribution in [2.45, 2.75) is 12.1 Å². The number of hydrogen-bond acceptors (Lipinski definition) is 4. The number of morpholine rings is 1. The summed E-state index contributed by atoms with van der Waals surface area (Å²) in [7, 11) is 3.13. The van der Waals surface area contributed by atoms with Gasteiger partial charge in [0.2, 0.25) is 5.91 Å². The van der Waals surface area contributed by atoms with Crippen LogP contribution in [-0.2, 0) is 14.3 Å². The van der Waals surface area contributed by atoms with Crippen LogP contribution in [0.25, 0.3) is 0 Å². The van der Waals surface area contributed by atoms with E-state index >= 15 is 0 Å². The lowest BCUT2D eigenvalue weighted by molar-refractivity contribution is -0.171. The molecule has 2 atom stereocenters. The van der Waals surface area contributed by atoms with E-state index in [4.69, 9.17) is 9.47 Å². The first kappa shape index (κ1) is 13.4. The van der Waals surface area contributed by atoms with Crippen LogP contribution in [0.5, 0.6) is 5.75 Å². The molecule has 1 aliphatic heterocycles. The Hall–Kier alpha value is -2.08. The molecule has 6 nitrogen and oxygen atoms in total. The number of benzene rings is 1. The summed E-state index contributed by atoms with van der Waals surface area (Å²) in [6.45, 7) is -0.208. The smallest absolute Gasteiger partial charge is 0.335 e. The third-order valence-corrected chi connectivity index (χ3v) is 3.18. The standard InChI is InChI=1S/C13H15NO5/c1-14-10(15)7-19-12(13(16)17)11(14)8-3-5-9(18-2)6-4-8/h3-6,11-12H,7H2,1-2H3,(H,16,17)/t11-,12+/m1/s1. The van der Waals surface area contributed by atoms with Gasteiger partial charge in [-0.1, -0.05) is 12.1 Å². The third-order valence-electron chi connectivity index (χ3n) is 3.18. The minimum atomic E-state index is -1.08. The number of carboxylic acid groups (broad SMARTS) is 1. The molecule has 0 aromatic heterocycles. The number of carbonyl (C=O) groups is 2. The summed E-state index contributed by atoms with van der Waals surface area (Å²) in [5, 5.41) is 9.19. The number of methoxy groups -OCH3 is 1. The monoisotopic (exact) mass is 265 g/mol. The highest BCUT2D eigenvalue weighted by atomic mass is 16.5. The second kappa shape index (κ2) is 5.27. The predicted molar refractivity (Wildman–Crippen MR) is 65.9 cm³/mol. The van der Waals surface area contributed by atoms with Crippen LogP contribution >= 0.6 is 0 Å². The van der Waals surface area contributed by atoms with Crippen LogP contribution < -0.4 is 4.74 Å². The highest BCUT2D eigenvalue weighted by Crippen LogP contribution is 2.30. The zero-order chi connectivity index (χ0) is 14.0. The van der Waals surface area contributed by atoms with Crippen molar-refractivity contribution in [1.29, 1.82) is 0 Å². The van der Waals surface area contributed by atoms with Gasteiger partial charge in [-0.2, -0.15) is 0 Å². The molecule has 1 aliphatic rings. The average molecular weight is 265 g/mol. The Bertz CT molecular complexity index is 484. The molecule has 1 N–H and O–H groups in total. The lowest BCUT2D eigenvalue weighted by Gasteiger charge is -2.37. The Kier molecular flexibility index (Phi) is 3.71. The summed E-state index contributed by atoms with van der Waals surface area (Å²) in [6, 6.07) is 6.28. The van der Waals surface area contributed by atoms with Gasteiger partial charge in [0.25, 0.3) is 0 Å². The topological polar surface area (TPSA) is 76.1 Å². The van der Waals surface area contributed by atoms with Gasteiger partial charge in [-0.3, -0.25) is 4.79 Å². The van der Waals surface area contributed by atoms with Crippen LogP contribution in [-0.4, -0.2) is 48.8 Å². The molecule has 0 radical (unpaired) electrons. The maximum atomic E-state index is 11.7. The lowest BCUT2D eigenvalue weighted by atomic mass is 9.98. The van der Waals surface area contributed by atoms with Gasteiger partial charge < -0.3 is 19.5 Å². The molecule has 19 heavy (non-hydrogen) atoms. The molecule has 102 valence electrons. The molecular formula is C13H15NO5. The van der Waals surface area contributed by atoms with E-state index in [1.165, 1.54) is 4.90 Å². The number of hydrogen-bond donors (Lipinski definition) is 1. The summed E-state index contributed by atoms with van der Waals surface area (Å²) in [6.07, 6.45) is -1.06. The molecule has 0 bridgehead atoms. The Labute approximate surface area is 110 Å². The van der Waals surface area contributed by atoms with Crippen molar-refractivity contribution in [1.82, 2.24) is 4.90 Å². The summed E-state index contributed by atoms with van der Waals surface area (Å²) in [5.74, 6) is -0.653. The van der Waals surface area contributed by atoms with Crippen molar-refractivity contribution in [2.24, 2.45) is 0 Å². The number of amides is 1. The Morgan fingerprint density at radius 1 is 1.42 bits per heavy atom. The second-order valence-electron chi connectivity index (χ2n) is 4.29. The van der Waals surface area contributed by atoms with Gasteiger partial charge in [-0.15, -0.1) is 0 Å². The van der Waals surface area contributed by atoms with Gasteiger partial charge in [0.05, 0.1) is 13.2 Å². The fraction of sp³-hybridized carbons (Fsp3) is 0.385. The van der Waals surface area contributed by atoms with Gasteiger partial charge in [-0.05, 0) is 17.7 Å². The number of aliphatic carboxylic acids is 1. The van der Waals surface area contributed by atoms with E-state index < -0.39 is 18.1 Å². The molecule has 1 aromatic carbocycles. The first-order valence-corrected chi connectivity index (χ1v) is 5.78. The molecule has 1 saturated heterocycles. The van der Waals surface area contributed by atoms with E-state index in [1.54, 1.807) is 38.4 Å². The largest absolute Gasteiger partial charge is 0.497 e. The minimum Gasteiger partial charge on any atom is -0.497 e. The highest BCUT2D eigenvalue weighted by molar-refractivity contribution is 5.82. The normalized spacial score (nSPS) is 23.3. The molecule has 0 spiro atoms. The van der Waals surface area contributed by atoms with E-state index in [-0.39, 0.29) is 12.5 Å². The molecule has 2 rings (SSSR count). The van der Waals surface area contributed by atoms with Crippen molar-refractivity contribution in [3.05, 3.63) is 29.8 Å². The molecule has 1 heterocycles. The molecule has 1 aromatic rings. The van der Waals surface area contributed by atoms with E-state index in [1.807, 2.05) is 0 Å². The maximum Gasteiger partial charge on any atom is 0.335 e. The molecule has 0 unspecified atom stereocenters. The highest BCUT2D eigenvalue weighted by Gasteiger charge is 2.39. The van der Waals surface area contributed by atoms with E-state index in [0.29, 0.717) is 11.3 Å². The average Bonchev–Trinajstić information content (AvgIpc) is 2.41. The van der Waals surface area contributed by atoms with Gasteiger partial charge in [0, 0.05) is 7.05 Å². The first-order chi connectivity index (χ1) is 9.04. The van der Waals surface area contributed by atoms with Crippen molar-refractivity contribution in [3.8, 4) is 5.75 Å². The molecular weight excluding hydrogens is 250 g/mol.